The van der Waals surface area contributed by atoms with Crippen molar-refractivity contribution >= 4 is 12.0 Å². The SMILES string of the molecule is CN(Cc1ccc(C(=O)O)cc1)C(=O)NCc1ncon1. The number of carbonyl (C=O) groups excluding carboxylic acids is 1. The van der Waals surface area contributed by atoms with E-state index in [1.54, 1.807) is 19.2 Å². The molecule has 8 heteroatoms. The van der Waals surface area contributed by atoms with Gasteiger partial charge in [0.1, 0.15) is 0 Å². The van der Waals surface area contributed by atoms with Crippen molar-refractivity contribution in [2.45, 2.75) is 13.1 Å². The number of aromatic nitrogens is 2. The summed E-state index contributed by atoms with van der Waals surface area (Å²) in [7, 11) is 1.64. The molecule has 0 bridgehead atoms. The lowest BCUT2D eigenvalue weighted by Crippen LogP contribution is -2.36. The van der Waals surface area contributed by atoms with Gasteiger partial charge in [0.15, 0.2) is 5.82 Å². The van der Waals surface area contributed by atoms with Crippen LogP contribution in [0, 0.1) is 0 Å². The van der Waals surface area contributed by atoms with Gasteiger partial charge in [-0.3, -0.25) is 0 Å². The third kappa shape index (κ3) is 4.03. The van der Waals surface area contributed by atoms with E-state index in [-0.39, 0.29) is 18.1 Å². The first-order valence-corrected chi connectivity index (χ1v) is 6.12. The summed E-state index contributed by atoms with van der Waals surface area (Å²) in [4.78, 5) is 27.9. The summed E-state index contributed by atoms with van der Waals surface area (Å²) in [5.41, 5.74) is 1.04. The maximum absolute atomic E-state index is 11.9. The molecule has 8 nitrogen and oxygen atoms in total. The molecule has 0 saturated carbocycles. The van der Waals surface area contributed by atoms with E-state index in [9.17, 15) is 9.59 Å². The average molecular weight is 290 g/mol. The zero-order valence-electron chi connectivity index (χ0n) is 11.3. The van der Waals surface area contributed by atoms with Crippen LogP contribution in [0.1, 0.15) is 21.7 Å². The third-order valence-electron chi connectivity index (χ3n) is 2.77. The fraction of sp³-hybridized carbons (Fsp3) is 0.231. The fourth-order valence-electron chi connectivity index (χ4n) is 1.66. The first-order chi connectivity index (χ1) is 10.1. The number of carbonyl (C=O) groups is 2. The molecule has 0 aliphatic carbocycles. The Bertz CT molecular complexity index is 610. The van der Waals surface area contributed by atoms with Gasteiger partial charge in [-0.05, 0) is 17.7 Å². The molecule has 0 aliphatic rings. The van der Waals surface area contributed by atoms with Crippen LogP contribution in [-0.4, -0.2) is 39.2 Å². The normalized spacial score (nSPS) is 10.1. The number of hydrogen-bond acceptors (Lipinski definition) is 5. The van der Waals surface area contributed by atoms with E-state index in [0.717, 1.165) is 5.56 Å². The quantitative estimate of drug-likeness (QED) is 0.853. The molecule has 0 spiro atoms. The smallest absolute Gasteiger partial charge is 0.335 e. The molecule has 0 aliphatic heterocycles. The Hall–Kier alpha value is -2.90. The molecule has 2 N–H and O–H groups in total. The lowest BCUT2D eigenvalue weighted by atomic mass is 10.1. The molecule has 0 saturated heterocycles. The Morgan fingerprint density at radius 2 is 2.05 bits per heavy atom. The van der Waals surface area contributed by atoms with E-state index in [1.165, 1.54) is 23.4 Å². The van der Waals surface area contributed by atoms with Gasteiger partial charge in [-0.15, -0.1) is 0 Å². The molecule has 0 fully saturated rings. The molecular weight excluding hydrogens is 276 g/mol. The zero-order chi connectivity index (χ0) is 15.2. The summed E-state index contributed by atoms with van der Waals surface area (Å²) in [6, 6.07) is 6.06. The molecule has 0 atom stereocenters. The average Bonchev–Trinajstić information content (AvgIpc) is 2.98. The van der Waals surface area contributed by atoms with E-state index in [4.69, 9.17) is 5.11 Å². The van der Waals surface area contributed by atoms with Gasteiger partial charge in [-0.25, -0.2) is 9.59 Å². The maximum atomic E-state index is 11.9. The third-order valence-corrected chi connectivity index (χ3v) is 2.77. The van der Waals surface area contributed by atoms with Crippen molar-refractivity contribution in [2.75, 3.05) is 7.05 Å². The number of benzene rings is 1. The van der Waals surface area contributed by atoms with Gasteiger partial charge in [-0.2, -0.15) is 4.98 Å². The van der Waals surface area contributed by atoms with Crippen LogP contribution in [-0.2, 0) is 13.1 Å². The van der Waals surface area contributed by atoms with Gasteiger partial charge < -0.3 is 19.8 Å². The van der Waals surface area contributed by atoms with Crippen LogP contribution in [0.2, 0.25) is 0 Å². The van der Waals surface area contributed by atoms with E-state index >= 15 is 0 Å². The highest BCUT2D eigenvalue weighted by molar-refractivity contribution is 5.87. The zero-order valence-corrected chi connectivity index (χ0v) is 11.3. The van der Waals surface area contributed by atoms with Crippen molar-refractivity contribution in [1.82, 2.24) is 20.4 Å². The molecule has 2 aromatic rings. The van der Waals surface area contributed by atoms with E-state index < -0.39 is 5.97 Å². The van der Waals surface area contributed by atoms with Crippen LogP contribution in [0.4, 0.5) is 4.79 Å². The molecule has 1 aromatic carbocycles. The van der Waals surface area contributed by atoms with Crippen molar-refractivity contribution in [3.05, 3.63) is 47.6 Å². The molecular formula is C13H14N4O4. The van der Waals surface area contributed by atoms with Gasteiger partial charge in [-0.1, -0.05) is 17.3 Å². The van der Waals surface area contributed by atoms with Crippen molar-refractivity contribution in [2.24, 2.45) is 0 Å². The topological polar surface area (TPSA) is 109 Å². The number of nitrogens with one attached hydrogen (secondary N) is 1. The van der Waals surface area contributed by atoms with Crippen LogP contribution in [0.25, 0.3) is 0 Å². The second kappa shape index (κ2) is 6.51. The predicted molar refractivity (Wildman–Crippen MR) is 71.4 cm³/mol. The minimum Gasteiger partial charge on any atom is -0.478 e. The molecule has 0 unspecified atom stereocenters. The Labute approximate surface area is 120 Å². The Kier molecular flexibility index (Phi) is 4.50. The number of rotatable bonds is 5. The first kappa shape index (κ1) is 14.5. The summed E-state index contributed by atoms with van der Waals surface area (Å²) in [6.07, 6.45) is 1.19. The number of hydrogen-bond donors (Lipinski definition) is 2. The Morgan fingerprint density at radius 1 is 1.33 bits per heavy atom. The van der Waals surface area contributed by atoms with Crippen LogP contribution in [0.5, 0.6) is 0 Å². The van der Waals surface area contributed by atoms with E-state index in [2.05, 4.69) is 20.0 Å². The Morgan fingerprint density at radius 3 is 2.62 bits per heavy atom. The van der Waals surface area contributed by atoms with Gasteiger partial charge in [0, 0.05) is 13.6 Å². The standard InChI is InChI=1S/C13H14N4O4/c1-17(13(20)14-6-11-15-8-21-16-11)7-9-2-4-10(5-3-9)12(18)19/h2-5,8H,6-7H2,1H3,(H,14,20)(H,18,19). The molecule has 110 valence electrons. The number of amides is 2. The van der Waals surface area contributed by atoms with Crippen LogP contribution in [0.3, 0.4) is 0 Å². The van der Waals surface area contributed by atoms with Gasteiger partial charge in [0.05, 0.1) is 12.1 Å². The monoisotopic (exact) mass is 290 g/mol. The van der Waals surface area contributed by atoms with Crippen molar-refractivity contribution < 1.29 is 19.2 Å². The van der Waals surface area contributed by atoms with E-state index in [0.29, 0.717) is 12.4 Å². The molecule has 1 heterocycles. The molecule has 2 rings (SSSR count). The highest BCUT2D eigenvalue weighted by Crippen LogP contribution is 2.07. The number of aromatic carboxylic acids is 1. The number of carboxylic acid groups (broad SMARTS) is 1. The molecule has 1 aromatic heterocycles. The van der Waals surface area contributed by atoms with Crippen molar-refractivity contribution in [1.29, 1.82) is 0 Å². The lowest BCUT2D eigenvalue weighted by molar-refractivity contribution is 0.0697. The van der Waals surface area contributed by atoms with Crippen molar-refractivity contribution in [3.8, 4) is 0 Å². The summed E-state index contributed by atoms with van der Waals surface area (Å²) in [6.45, 7) is 0.537. The fourth-order valence-corrected chi connectivity index (χ4v) is 1.66. The minimum absolute atomic E-state index is 0.178. The van der Waals surface area contributed by atoms with Crippen molar-refractivity contribution in [3.63, 3.8) is 0 Å². The highest BCUT2D eigenvalue weighted by atomic mass is 16.5. The first-order valence-electron chi connectivity index (χ1n) is 6.12. The molecule has 21 heavy (non-hydrogen) atoms. The second-order valence-electron chi connectivity index (χ2n) is 4.36. The molecule has 0 radical (unpaired) electrons. The number of nitrogens with zero attached hydrogens (tertiary/aromatic N) is 3. The van der Waals surface area contributed by atoms with Gasteiger partial charge in [0.2, 0.25) is 6.39 Å². The highest BCUT2D eigenvalue weighted by Gasteiger charge is 2.10. The second-order valence-corrected chi connectivity index (χ2v) is 4.36. The predicted octanol–water partition coefficient (Wildman–Crippen LogP) is 1.11. The summed E-state index contributed by atoms with van der Waals surface area (Å²) >= 11 is 0. The summed E-state index contributed by atoms with van der Waals surface area (Å²) in [5.74, 6) is -0.588. The summed E-state index contributed by atoms with van der Waals surface area (Å²) in [5, 5.41) is 15.0. The minimum atomic E-state index is -0.979. The molecule has 2 amide bonds. The maximum Gasteiger partial charge on any atom is 0.335 e. The van der Waals surface area contributed by atoms with Gasteiger partial charge in [0.25, 0.3) is 0 Å². The number of urea groups is 1. The number of carboxylic acids is 1. The summed E-state index contributed by atoms with van der Waals surface area (Å²) < 4.78 is 4.56. The van der Waals surface area contributed by atoms with Gasteiger partial charge >= 0.3 is 12.0 Å². The Balaban J connectivity index is 1.86. The largest absolute Gasteiger partial charge is 0.478 e. The lowest BCUT2D eigenvalue weighted by Gasteiger charge is -2.17. The van der Waals surface area contributed by atoms with Crippen LogP contribution >= 0.6 is 0 Å². The van der Waals surface area contributed by atoms with E-state index in [1.807, 2.05) is 0 Å². The van der Waals surface area contributed by atoms with Crippen LogP contribution < -0.4 is 5.32 Å². The van der Waals surface area contributed by atoms with Crippen LogP contribution in [0.15, 0.2) is 35.2 Å².